The van der Waals surface area contributed by atoms with Gasteiger partial charge in [-0.15, -0.1) is 10.2 Å². The van der Waals surface area contributed by atoms with Crippen LogP contribution >= 0.6 is 27.3 Å². The molecule has 1 aliphatic rings. The standard InChI is InChI=1S/C16H16BrN5O2S/c1-8-13(17)9(2)22(21-8)7-11-5-6-12(24-11)14(23)18-16-20-19-15(25-16)10-3-4-10/h5-6,10H,3-4,7H2,1-2H3,(H,18,20,23). The number of anilines is 1. The summed E-state index contributed by atoms with van der Waals surface area (Å²) >= 11 is 4.93. The van der Waals surface area contributed by atoms with Crippen LogP contribution in [0, 0.1) is 13.8 Å². The Kier molecular flexibility index (Phi) is 4.20. The highest BCUT2D eigenvalue weighted by Crippen LogP contribution is 2.42. The number of nitrogens with zero attached hydrogens (tertiary/aromatic N) is 4. The van der Waals surface area contributed by atoms with E-state index in [9.17, 15) is 4.79 Å². The third kappa shape index (κ3) is 3.38. The van der Waals surface area contributed by atoms with Crippen LogP contribution in [0.3, 0.4) is 0 Å². The number of aromatic nitrogens is 4. The Morgan fingerprint density at radius 2 is 2.20 bits per heavy atom. The zero-order chi connectivity index (χ0) is 17.6. The molecule has 0 saturated heterocycles. The number of furan rings is 1. The molecule has 0 bridgehead atoms. The fraction of sp³-hybridized carbons (Fsp3) is 0.375. The summed E-state index contributed by atoms with van der Waals surface area (Å²) in [6.45, 7) is 4.39. The summed E-state index contributed by atoms with van der Waals surface area (Å²) in [4.78, 5) is 12.3. The van der Waals surface area contributed by atoms with E-state index in [4.69, 9.17) is 4.42 Å². The lowest BCUT2D eigenvalue weighted by Crippen LogP contribution is -2.10. The molecule has 130 valence electrons. The second-order valence-corrected chi connectivity index (χ2v) is 7.88. The van der Waals surface area contributed by atoms with Crippen LogP contribution in [0.5, 0.6) is 0 Å². The van der Waals surface area contributed by atoms with Gasteiger partial charge in [0, 0.05) is 5.92 Å². The molecule has 0 atom stereocenters. The first kappa shape index (κ1) is 16.5. The summed E-state index contributed by atoms with van der Waals surface area (Å²) in [5.74, 6) is 1.12. The van der Waals surface area contributed by atoms with Crippen molar-refractivity contribution in [2.45, 2.75) is 39.2 Å². The maximum atomic E-state index is 12.3. The van der Waals surface area contributed by atoms with E-state index in [1.165, 1.54) is 11.3 Å². The van der Waals surface area contributed by atoms with Gasteiger partial charge in [0.15, 0.2) is 5.76 Å². The van der Waals surface area contributed by atoms with Crippen LogP contribution in [0.25, 0.3) is 0 Å². The highest BCUT2D eigenvalue weighted by molar-refractivity contribution is 9.10. The quantitative estimate of drug-likeness (QED) is 0.675. The number of nitrogens with one attached hydrogen (secondary N) is 1. The largest absolute Gasteiger partial charge is 0.454 e. The first-order valence-electron chi connectivity index (χ1n) is 7.94. The van der Waals surface area contributed by atoms with Crippen molar-refractivity contribution in [1.29, 1.82) is 0 Å². The Morgan fingerprint density at radius 1 is 1.40 bits per heavy atom. The molecular formula is C16H16BrN5O2S. The SMILES string of the molecule is Cc1nn(Cc2ccc(C(=O)Nc3nnc(C4CC4)s3)o2)c(C)c1Br. The Bertz CT molecular complexity index is 940. The average molecular weight is 422 g/mol. The van der Waals surface area contributed by atoms with E-state index < -0.39 is 0 Å². The van der Waals surface area contributed by atoms with E-state index in [0.717, 1.165) is 33.7 Å². The van der Waals surface area contributed by atoms with E-state index in [0.29, 0.717) is 23.4 Å². The van der Waals surface area contributed by atoms with Gasteiger partial charge >= 0.3 is 0 Å². The molecule has 0 spiro atoms. The van der Waals surface area contributed by atoms with Crippen LogP contribution in [0.15, 0.2) is 21.0 Å². The second kappa shape index (κ2) is 6.38. The average Bonchev–Trinajstić information content (AvgIpc) is 3.06. The molecule has 0 unspecified atom stereocenters. The molecule has 3 heterocycles. The minimum absolute atomic E-state index is 0.249. The zero-order valence-electron chi connectivity index (χ0n) is 13.7. The van der Waals surface area contributed by atoms with Gasteiger partial charge in [-0.2, -0.15) is 5.10 Å². The van der Waals surface area contributed by atoms with Crippen molar-refractivity contribution < 1.29 is 9.21 Å². The number of hydrogen-bond acceptors (Lipinski definition) is 6. The number of carbonyl (C=O) groups excluding carboxylic acids is 1. The van der Waals surface area contributed by atoms with Crippen molar-refractivity contribution in [2.75, 3.05) is 5.32 Å². The fourth-order valence-corrected chi connectivity index (χ4v) is 3.69. The maximum Gasteiger partial charge on any atom is 0.293 e. The molecule has 9 heteroatoms. The molecule has 0 aliphatic heterocycles. The van der Waals surface area contributed by atoms with Gasteiger partial charge in [-0.25, -0.2) is 0 Å². The summed E-state index contributed by atoms with van der Waals surface area (Å²) < 4.78 is 8.49. The lowest BCUT2D eigenvalue weighted by atomic mass is 10.4. The van der Waals surface area contributed by atoms with Crippen molar-refractivity contribution in [3.8, 4) is 0 Å². The Morgan fingerprint density at radius 3 is 2.88 bits per heavy atom. The summed E-state index contributed by atoms with van der Waals surface area (Å²) in [6.07, 6.45) is 2.32. The van der Waals surface area contributed by atoms with Crippen LogP contribution in [0.1, 0.15) is 51.5 Å². The molecule has 7 nitrogen and oxygen atoms in total. The predicted molar refractivity (Wildman–Crippen MR) is 97.0 cm³/mol. The van der Waals surface area contributed by atoms with Gasteiger partial charge in [-0.3, -0.25) is 14.8 Å². The highest BCUT2D eigenvalue weighted by Gasteiger charge is 2.28. The van der Waals surface area contributed by atoms with E-state index >= 15 is 0 Å². The molecular weight excluding hydrogens is 406 g/mol. The molecule has 3 aromatic rings. The minimum Gasteiger partial charge on any atom is -0.454 e. The van der Waals surface area contributed by atoms with Crippen LogP contribution in [-0.2, 0) is 6.54 Å². The zero-order valence-corrected chi connectivity index (χ0v) is 16.1. The third-order valence-corrected chi connectivity index (χ3v) is 6.22. The fourth-order valence-electron chi connectivity index (χ4n) is 2.50. The van der Waals surface area contributed by atoms with Gasteiger partial charge in [-0.05, 0) is 54.8 Å². The number of hydrogen-bond donors (Lipinski definition) is 1. The monoisotopic (exact) mass is 421 g/mol. The highest BCUT2D eigenvalue weighted by atomic mass is 79.9. The lowest BCUT2D eigenvalue weighted by Gasteiger charge is -2.02. The Labute approximate surface area is 156 Å². The van der Waals surface area contributed by atoms with Gasteiger partial charge in [0.2, 0.25) is 5.13 Å². The van der Waals surface area contributed by atoms with Crippen molar-refractivity contribution in [3.05, 3.63) is 44.5 Å². The summed E-state index contributed by atoms with van der Waals surface area (Å²) in [5, 5.41) is 16.8. The molecule has 25 heavy (non-hydrogen) atoms. The first-order valence-corrected chi connectivity index (χ1v) is 9.55. The number of halogens is 1. The second-order valence-electron chi connectivity index (χ2n) is 6.08. The molecule has 0 radical (unpaired) electrons. The first-order chi connectivity index (χ1) is 12.0. The molecule has 3 aromatic heterocycles. The topological polar surface area (TPSA) is 85.8 Å². The van der Waals surface area contributed by atoms with E-state index in [-0.39, 0.29) is 11.7 Å². The maximum absolute atomic E-state index is 12.3. The summed E-state index contributed by atoms with van der Waals surface area (Å²) in [7, 11) is 0. The summed E-state index contributed by atoms with van der Waals surface area (Å²) in [5.41, 5.74) is 1.94. The van der Waals surface area contributed by atoms with Crippen LogP contribution in [-0.4, -0.2) is 25.9 Å². The number of amides is 1. The van der Waals surface area contributed by atoms with Crippen molar-refractivity contribution in [2.24, 2.45) is 0 Å². The third-order valence-electron chi connectivity index (χ3n) is 4.07. The lowest BCUT2D eigenvalue weighted by molar-refractivity contribution is 0.0994. The number of rotatable bonds is 5. The molecule has 1 fully saturated rings. The van der Waals surface area contributed by atoms with Crippen LogP contribution < -0.4 is 5.32 Å². The van der Waals surface area contributed by atoms with Gasteiger partial charge in [-0.1, -0.05) is 11.3 Å². The smallest absolute Gasteiger partial charge is 0.293 e. The van der Waals surface area contributed by atoms with Gasteiger partial charge in [0.05, 0.1) is 22.4 Å². The Hall–Kier alpha value is -2.00. The van der Waals surface area contributed by atoms with Crippen molar-refractivity contribution in [1.82, 2.24) is 20.0 Å². The summed E-state index contributed by atoms with van der Waals surface area (Å²) in [6, 6.07) is 3.45. The molecule has 1 amide bonds. The Balaban J connectivity index is 1.44. The van der Waals surface area contributed by atoms with Crippen molar-refractivity contribution >= 4 is 38.3 Å². The molecule has 1 N–H and O–H groups in total. The van der Waals surface area contributed by atoms with Crippen LogP contribution in [0.4, 0.5) is 5.13 Å². The normalized spacial score (nSPS) is 14.0. The molecule has 1 aliphatic carbocycles. The van der Waals surface area contributed by atoms with Crippen molar-refractivity contribution in [3.63, 3.8) is 0 Å². The number of carbonyl (C=O) groups is 1. The van der Waals surface area contributed by atoms with Crippen LogP contribution in [0.2, 0.25) is 0 Å². The molecule has 4 rings (SSSR count). The van der Waals surface area contributed by atoms with E-state index in [2.05, 4.69) is 36.5 Å². The number of aryl methyl sites for hydroxylation is 1. The van der Waals surface area contributed by atoms with Gasteiger partial charge in [0.25, 0.3) is 5.91 Å². The predicted octanol–water partition coefficient (Wildman–Crippen LogP) is 3.88. The molecule has 0 aromatic carbocycles. The minimum atomic E-state index is -0.320. The van der Waals surface area contributed by atoms with E-state index in [1.807, 2.05) is 18.5 Å². The molecule has 1 saturated carbocycles. The van der Waals surface area contributed by atoms with Gasteiger partial charge < -0.3 is 4.42 Å². The van der Waals surface area contributed by atoms with Gasteiger partial charge in [0.1, 0.15) is 10.8 Å². The van der Waals surface area contributed by atoms with E-state index in [1.54, 1.807) is 12.1 Å².